The predicted octanol–water partition coefficient (Wildman–Crippen LogP) is 3.96. The third-order valence-electron chi connectivity index (χ3n) is 4.35. The maximum Gasteiger partial charge on any atom is 0.247 e. The first-order chi connectivity index (χ1) is 12.5. The molecule has 0 fully saturated rings. The van der Waals surface area contributed by atoms with Gasteiger partial charge in [-0.15, -0.1) is 21.5 Å². The van der Waals surface area contributed by atoms with Crippen molar-refractivity contribution in [3.8, 4) is 11.5 Å². The minimum Gasteiger partial charge on any atom is -0.421 e. The summed E-state index contributed by atoms with van der Waals surface area (Å²) in [5.41, 5.74) is 1.84. The molecule has 0 saturated carbocycles. The number of carbonyl (C=O) groups is 1. The Hall–Kier alpha value is -2.54. The Morgan fingerprint density at radius 3 is 2.62 bits per heavy atom. The summed E-state index contributed by atoms with van der Waals surface area (Å²) in [5.74, 6) is 0.976. The summed E-state index contributed by atoms with van der Waals surface area (Å²) in [7, 11) is 1.81. The van der Waals surface area contributed by atoms with E-state index in [-0.39, 0.29) is 11.9 Å². The number of nitrogens with zero attached hydrogens (tertiary/aromatic N) is 4. The van der Waals surface area contributed by atoms with E-state index in [0.29, 0.717) is 24.6 Å². The number of rotatable bonds is 6. The molecule has 7 heteroatoms. The quantitative estimate of drug-likeness (QED) is 0.657. The summed E-state index contributed by atoms with van der Waals surface area (Å²) >= 11 is 1.66. The molecule has 2 heterocycles. The molecule has 0 N–H and O–H groups in total. The van der Waals surface area contributed by atoms with Gasteiger partial charge in [-0.1, -0.05) is 18.2 Å². The van der Waals surface area contributed by atoms with Crippen LogP contribution in [0.2, 0.25) is 0 Å². The Balaban J connectivity index is 1.60. The predicted molar refractivity (Wildman–Crippen MR) is 101 cm³/mol. The van der Waals surface area contributed by atoms with Gasteiger partial charge >= 0.3 is 0 Å². The topological polar surface area (TPSA) is 72.1 Å². The van der Waals surface area contributed by atoms with E-state index >= 15 is 0 Å². The number of benzene rings is 1. The molecule has 0 saturated heterocycles. The molecule has 1 atom stereocenters. The zero-order chi connectivity index (χ0) is 18.7. The first kappa shape index (κ1) is 18.3. The van der Waals surface area contributed by atoms with Gasteiger partial charge in [0.05, 0.1) is 16.7 Å². The Morgan fingerprint density at radius 2 is 1.96 bits per heavy atom. The van der Waals surface area contributed by atoms with Crippen LogP contribution in [-0.4, -0.2) is 33.0 Å². The second-order valence-electron chi connectivity index (χ2n) is 6.22. The van der Waals surface area contributed by atoms with Gasteiger partial charge in [0.25, 0.3) is 0 Å². The molecule has 0 aliphatic carbocycles. The van der Waals surface area contributed by atoms with Crippen LogP contribution in [-0.2, 0) is 11.2 Å². The first-order valence-corrected chi connectivity index (χ1v) is 9.34. The zero-order valence-corrected chi connectivity index (χ0v) is 16.2. The molecule has 0 aliphatic rings. The van der Waals surface area contributed by atoms with E-state index < -0.39 is 0 Å². The van der Waals surface area contributed by atoms with Crippen LogP contribution in [0, 0.1) is 13.8 Å². The maximum atomic E-state index is 12.5. The van der Waals surface area contributed by atoms with Crippen molar-refractivity contribution in [1.29, 1.82) is 0 Å². The lowest BCUT2D eigenvalue weighted by molar-refractivity contribution is -0.131. The summed E-state index contributed by atoms with van der Waals surface area (Å²) in [6, 6.07) is 9.53. The second-order valence-corrected chi connectivity index (χ2v) is 7.63. The monoisotopic (exact) mass is 370 g/mol. The average molecular weight is 370 g/mol. The minimum atomic E-state index is -0.0602. The number of hydrogen-bond acceptors (Lipinski definition) is 6. The molecular weight excluding hydrogens is 348 g/mol. The Labute approximate surface area is 156 Å². The van der Waals surface area contributed by atoms with Crippen molar-refractivity contribution in [3.05, 3.63) is 51.8 Å². The van der Waals surface area contributed by atoms with E-state index in [1.54, 1.807) is 16.2 Å². The summed E-state index contributed by atoms with van der Waals surface area (Å²) < 4.78 is 5.66. The number of amides is 1. The standard InChI is InChI=1S/C19H22N4O2S/c1-12(18-13(2)26-14(3)20-18)23(4)17(24)11-10-16-21-22-19(25-16)15-8-6-5-7-9-15/h5-9,12H,10-11H2,1-4H3/t12-/m1/s1. The molecule has 0 spiro atoms. The van der Waals surface area contributed by atoms with Gasteiger partial charge < -0.3 is 9.32 Å². The summed E-state index contributed by atoms with van der Waals surface area (Å²) in [5, 5.41) is 9.12. The van der Waals surface area contributed by atoms with Crippen molar-refractivity contribution in [2.75, 3.05) is 7.05 Å². The van der Waals surface area contributed by atoms with Crippen molar-refractivity contribution in [2.24, 2.45) is 0 Å². The molecule has 2 aromatic heterocycles. The average Bonchev–Trinajstić information content (AvgIpc) is 3.25. The molecule has 26 heavy (non-hydrogen) atoms. The van der Waals surface area contributed by atoms with Crippen LogP contribution in [0.3, 0.4) is 0 Å². The van der Waals surface area contributed by atoms with Crippen molar-refractivity contribution >= 4 is 17.2 Å². The number of aryl methyl sites for hydroxylation is 3. The largest absolute Gasteiger partial charge is 0.421 e. The van der Waals surface area contributed by atoms with Crippen LogP contribution in [0.5, 0.6) is 0 Å². The minimum absolute atomic E-state index is 0.0296. The van der Waals surface area contributed by atoms with Gasteiger partial charge in [0.15, 0.2) is 0 Å². The van der Waals surface area contributed by atoms with Crippen molar-refractivity contribution < 1.29 is 9.21 Å². The van der Waals surface area contributed by atoms with Gasteiger partial charge in [-0.3, -0.25) is 4.79 Å². The molecule has 0 bridgehead atoms. The highest BCUT2D eigenvalue weighted by molar-refractivity contribution is 7.11. The highest BCUT2D eigenvalue weighted by atomic mass is 32.1. The molecule has 0 aliphatic heterocycles. The van der Waals surface area contributed by atoms with E-state index in [0.717, 1.165) is 21.1 Å². The molecule has 3 aromatic rings. The van der Waals surface area contributed by atoms with Gasteiger partial charge in [0, 0.05) is 30.3 Å². The van der Waals surface area contributed by atoms with E-state index in [4.69, 9.17) is 4.42 Å². The van der Waals surface area contributed by atoms with Crippen LogP contribution >= 0.6 is 11.3 Å². The van der Waals surface area contributed by atoms with Gasteiger partial charge in [-0.25, -0.2) is 4.98 Å². The van der Waals surface area contributed by atoms with Gasteiger partial charge in [-0.05, 0) is 32.9 Å². The SMILES string of the molecule is Cc1nc([C@@H](C)N(C)C(=O)CCc2nnc(-c3ccccc3)o2)c(C)s1. The molecule has 1 aromatic carbocycles. The highest BCUT2D eigenvalue weighted by Crippen LogP contribution is 2.26. The Bertz CT molecular complexity index is 888. The molecule has 0 radical (unpaired) electrons. The van der Waals surface area contributed by atoms with E-state index in [1.807, 2.05) is 58.2 Å². The number of hydrogen-bond donors (Lipinski definition) is 0. The second kappa shape index (κ2) is 7.78. The van der Waals surface area contributed by atoms with Crippen LogP contribution < -0.4 is 0 Å². The van der Waals surface area contributed by atoms with E-state index in [1.165, 1.54) is 0 Å². The molecule has 3 rings (SSSR count). The van der Waals surface area contributed by atoms with Crippen LogP contribution in [0.25, 0.3) is 11.5 Å². The number of aromatic nitrogens is 3. The lowest BCUT2D eigenvalue weighted by Crippen LogP contribution is -2.30. The zero-order valence-electron chi connectivity index (χ0n) is 15.4. The fourth-order valence-corrected chi connectivity index (χ4v) is 3.68. The summed E-state index contributed by atoms with van der Waals surface area (Å²) in [4.78, 5) is 20.0. The van der Waals surface area contributed by atoms with Gasteiger partial charge in [0.2, 0.25) is 17.7 Å². The van der Waals surface area contributed by atoms with E-state index in [9.17, 15) is 4.79 Å². The third-order valence-corrected chi connectivity index (χ3v) is 5.25. The lowest BCUT2D eigenvalue weighted by Gasteiger charge is -2.24. The first-order valence-electron chi connectivity index (χ1n) is 8.53. The fraction of sp³-hybridized carbons (Fsp3) is 0.368. The van der Waals surface area contributed by atoms with Gasteiger partial charge in [-0.2, -0.15) is 0 Å². The highest BCUT2D eigenvalue weighted by Gasteiger charge is 2.22. The molecular formula is C19H22N4O2S. The van der Waals surface area contributed by atoms with Crippen molar-refractivity contribution in [1.82, 2.24) is 20.1 Å². The number of thiazole rings is 1. The Kier molecular flexibility index (Phi) is 5.46. The molecule has 6 nitrogen and oxygen atoms in total. The third kappa shape index (κ3) is 3.99. The lowest BCUT2D eigenvalue weighted by atomic mass is 10.1. The van der Waals surface area contributed by atoms with Crippen LogP contribution in [0.15, 0.2) is 34.7 Å². The molecule has 0 unspecified atom stereocenters. The number of carbonyl (C=O) groups excluding carboxylic acids is 1. The van der Waals surface area contributed by atoms with Crippen LogP contribution in [0.1, 0.15) is 40.9 Å². The normalized spacial score (nSPS) is 12.2. The van der Waals surface area contributed by atoms with Gasteiger partial charge in [0.1, 0.15) is 0 Å². The Morgan fingerprint density at radius 1 is 1.23 bits per heavy atom. The van der Waals surface area contributed by atoms with Crippen molar-refractivity contribution in [2.45, 2.75) is 39.7 Å². The summed E-state index contributed by atoms with van der Waals surface area (Å²) in [6.45, 7) is 6.02. The van der Waals surface area contributed by atoms with Crippen molar-refractivity contribution in [3.63, 3.8) is 0 Å². The fourth-order valence-electron chi connectivity index (χ4n) is 2.77. The summed E-state index contributed by atoms with van der Waals surface area (Å²) in [6.07, 6.45) is 0.740. The maximum absolute atomic E-state index is 12.5. The smallest absolute Gasteiger partial charge is 0.247 e. The van der Waals surface area contributed by atoms with Crippen LogP contribution in [0.4, 0.5) is 0 Å². The molecule has 1 amide bonds. The van der Waals surface area contributed by atoms with E-state index in [2.05, 4.69) is 15.2 Å². The molecule has 136 valence electrons.